The molecule has 3 N–H and O–H groups in total. The van der Waals surface area contributed by atoms with E-state index in [9.17, 15) is 22.8 Å². The smallest absolute Gasteiger partial charge is 0.333 e. The third-order valence-corrected chi connectivity index (χ3v) is 6.99. The van der Waals surface area contributed by atoms with Crippen molar-refractivity contribution < 1.29 is 22.8 Å². The number of carbonyl (C=O) groups excluding carboxylic acids is 2. The molecule has 0 radical (unpaired) electrons. The number of anilines is 4. The van der Waals surface area contributed by atoms with Crippen LogP contribution in [0, 0.1) is 11.2 Å². The molecular weight excluding hydrogens is 533 g/mol. The standard InChI is InChI=1S/C30H23F3N6O2/c31-19-2-4-21(5-3-19)36-27(40)30(13-14-30)28(41)37-22-8-6-20(7-9-22)35-25-11-15-34-26-17-18(1-10-23(25)26)24-12-16-39(38-24)29(32)33/h1-12,15-17,29H,13-14H2,(H,34,35)(H,36,40)(H,37,41). The zero-order valence-electron chi connectivity index (χ0n) is 21.4. The number of carbonyl (C=O) groups is 2. The Balaban J connectivity index is 1.12. The summed E-state index contributed by atoms with van der Waals surface area (Å²) < 4.78 is 39.6. The lowest BCUT2D eigenvalue weighted by Gasteiger charge is -2.16. The molecule has 6 rings (SSSR count). The number of rotatable bonds is 8. The summed E-state index contributed by atoms with van der Waals surface area (Å²) >= 11 is 0. The van der Waals surface area contributed by atoms with Gasteiger partial charge in [0, 0.05) is 46.1 Å². The monoisotopic (exact) mass is 556 g/mol. The summed E-state index contributed by atoms with van der Waals surface area (Å²) in [5.41, 5.74) is 3.10. The van der Waals surface area contributed by atoms with E-state index in [0.29, 0.717) is 45.7 Å². The van der Waals surface area contributed by atoms with Crippen molar-refractivity contribution in [1.82, 2.24) is 14.8 Å². The van der Waals surface area contributed by atoms with Crippen molar-refractivity contribution in [3.05, 3.63) is 97.1 Å². The van der Waals surface area contributed by atoms with Crippen molar-refractivity contribution in [3.8, 4) is 11.3 Å². The van der Waals surface area contributed by atoms with E-state index in [1.54, 1.807) is 42.6 Å². The van der Waals surface area contributed by atoms with E-state index in [1.807, 2.05) is 12.1 Å². The van der Waals surface area contributed by atoms with Gasteiger partial charge in [0.1, 0.15) is 11.2 Å². The Hall–Kier alpha value is -5.19. The summed E-state index contributed by atoms with van der Waals surface area (Å²) in [6, 6.07) is 21.2. The van der Waals surface area contributed by atoms with E-state index >= 15 is 0 Å². The van der Waals surface area contributed by atoms with Crippen LogP contribution >= 0.6 is 0 Å². The van der Waals surface area contributed by atoms with Crippen LogP contribution in [0.5, 0.6) is 0 Å². The lowest BCUT2D eigenvalue weighted by atomic mass is 10.0. The Bertz CT molecular complexity index is 1750. The quantitative estimate of drug-likeness (QED) is 0.184. The molecule has 0 spiro atoms. The van der Waals surface area contributed by atoms with Crippen molar-refractivity contribution >= 4 is 45.5 Å². The first kappa shape index (κ1) is 26.1. The van der Waals surface area contributed by atoms with Crippen LogP contribution in [0.1, 0.15) is 19.4 Å². The predicted octanol–water partition coefficient (Wildman–Crippen LogP) is 6.73. The summed E-state index contributed by atoms with van der Waals surface area (Å²) in [4.78, 5) is 30.2. The molecule has 2 heterocycles. The number of hydrogen-bond acceptors (Lipinski definition) is 5. The van der Waals surface area contributed by atoms with Crippen LogP contribution in [0.3, 0.4) is 0 Å². The van der Waals surface area contributed by atoms with E-state index in [2.05, 4.69) is 26.0 Å². The van der Waals surface area contributed by atoms with Crippen LogP contribution in [0.25, 0.3) is 22.2 Å². The Morgan fingerprint density at radius 3 is 2.07 bits per heavy atom. The Morgan fingerprint density at radius 2 is 1.46 bits per heavy atom. The molecule has 2 amide bonds. The zero-order valence-corrected chi connectivity index (χ0v) is 21.4. The molecule has 1 saturated carbocycles. The number of halogens is 3. The molecule has 8 nitrogen and oxygen atoms in total. The number of nitrogens with zero attached hydrogens (tertiary/aromatic N) is 3. The normalized spacial score (nSPS) is 13.7. The van der Waals surface area contributed by atoms with Crippen molar-refractivity contribution in [3.63, 3.8) is 0 Å². The maximum atomic E-state index is 13.1. The highest BCUT2D eigenvalue weighted by atomic mass is 19.3. The van der Waals surface area contributed by atoms with Crippen molar-refractivity contribution in [2.45, 2.75) is 19.4 Å². The number of benzene rings is 3. The lowest BCUT2D eigenvalue weighted by molar-refractivity contribution is -0.131. The molecule has 0 saturated heterocycles. The van der Waals surface area contributed by atoms with Gasteiger partial charge < -0.3 is 16.0 Å². The highest BCUT2D eigenvalue weighted by molar-refractivity contribution is 6.17. The maximum Gasteiger partial charge on any atom is 0.333 e. The topological polar surface area (TPSA) is 101 Å². The van der Waals surface area contributed by atoms with Gasteiger partial charge in [-0.15, -0.1) is 0 Å². The third-order valence-electron chi connectivity index (χ3n) is 6.99. The van der Waals surface area contributed by atoms with Gasteiger partial charge in [0.15, 0.2) is 0 Å². The number of pyridine rings is 1. The van der Waals surface area contributed by atoms with Crippen LogP contribution in [-0.2, 0) is 9.59 Å². The number of nitrogens with one attached hydrogen (secondary N) is 3. The average Bonchev–Trinajstić information content (AvgIpc) is 3.64. The fourth-order valence-electron chi connectivity index (χ4n) is 4.53. The van der Waals surface area contributed by atoms with Gasteiger partial charge >= 0.3 is 6.55 Å². The van der Waals surface area contributed by atoms with E-state index < -0.39 is 29.6 Å². The minimum Gasteiger partial charge on any atom is -0.355 e. The summed E-state index contributed by atoms with van der Waals surface area (Å²) in [5, 5.41) is 13.6. The number of alkyl halides is 2. The van der Waals surface area contributed by atoms with Gasteiger partial charge in [-0.2, -0.15) is 13.9 Å². The van der Waals surface area contributed by atoms with E-state index in [1.165, 1.54) is 36.5 Å². The van der Waals surface area contributed by atoms with Crippen molar-refractivity contribution in [2.75, 3.05) is 16.0 Å². The van der Waals surface area contributed by atoms with Crippen LogP contribution in [0.15, 0.2) is 91.3 Å². The van der Waals surface area contributed by atoms with E-state index in [4.69, 9.17) is 0 Å². The summed E-state index contributed by atoms with van der Waals surface area (Å²) in [7, 11) is 0. The molecule has 0 bridgehead atoms. The van der Waals surface area contributed by atoms with Gasteiger partial charge in [0.2, 0.25) is 11.8 Å². The molecule has 206 valence electrons. The van der Waals surface area contributed by atoms with Gasteiger partial charge in [-0.25, -0.2) is 9.07 Å². The highest BCUT2D eigenvalue weighted by Gasteiger charge is 2.56. The van der Waals surface area contributed by atoms with Gasteiger partial charge in [0.05, 0.1) is 11.2 Å². The van der Waals surface area contributed by atoms with Crippen LogP contribution in [0.2, 0.25) is 0 Å². The zero-order chi connectivity index (χ0) is 28.6. The van der Waals surface area contributed by atoms with Gasteiger partial charge in [-0.05, 0) is 79.6 Å². The molecule has 41 heavy (non-hydrogen) atoms. The average molecular weight is 557 g/mol. The second kappa shape index (κ2) is 10.4. The fraction of sp³-hybridized carbons (Fsp3) is 0.133. The molecule has 1 aliphatic carbocycles. The first-order valence-electron chi connectivity index (χ1n) is 12.8. The van der Waals surface area contributed by atoms with Crippen LogP contribution < -0.4 is 16.0 Å². The number of hydrogen-bond donors (Lipinski definition) is 3. The SMILES string of the molecule is O=C(Nc1ccc(F)cc1)C1(C(=O)Nc2ccc(Nc3ccnc4cc(-c5ccn(C(F)F)n5)ccc34)cc2)CC1. The number of amides is 2. The Labute approximate surface area is 232 Å². The summed E-state index contributed by atoms with van der Waals surface area (Å²) in [6.45, 7) is -2.71. The number of fused-ring (bicyclic) bond motifs is 1. The van der Waals surface area contributed by atoms with Crippen LogP contribution in [0.4, 0.5) is 35.9 Å². The molecule has 2 aromatic heterocycles. The fourth-order valence-corrected chi connectivity index (χ4v) is 4.53. The van der Waals surface area contributed by atoms with Gasteiger partial charge in [0.25, 0.3) is 0 Å². The molecule has 3 aromatic carbocycles. The first-order chi connectivity index (χ1) is 19.8. The molecular formula is C30H23F3N6O2. The molecule has 5 aromatic rings. The molecule has 0 unspecified atom stereocenters. The first-order valence-corrected chi connectivity index (χ1v) is 12.8. The van der Waals surface area contributed by atoms with Gasteiger partial charge in [-0.3, -0.25) is 14.6 Å². The molecule has 1 aliphatic rings. The largest absolute Gasteiger partial charge is 0.355 e. The maximum absolute atomic E-state index is 13.1. The van der Waals surface area contributed by atoms with E-state index in [0.717, 1.165) is 16.8 Å². The number of aromatic nitrogens is 3. The second-order valence-electron chi connectivity index (χ2n) is 9.75. The third kappa shape index (κ3) is 5.33. The van der Waals surface area contributed by atoms with E-state index in [-0.39, 0.29) is 0 Å². The predicted molar refractivity (Wildman–Crippen MR) is 149 cm³/mol. The minimum atomic E-state index is -2.71. The van der Waals surface area contributed by atoms with Gasteiger partial charge in [-0.1, -0.05) is 12.1 Å². The van der Waals surface area contributed by atoms with Crippen molar-refractivity contribution in [1.29, 1.82) is 0 Å². The minimum absolute atomic E-state index is 0.396. The Morgan fingerprint density at radius 1 is 0.829 bits per heavy atom. The summed E-state index contributed by atoms with van der Waals surface area (Å²) in [6.07, 6.45) is 3.73. The van der Waals surface area contributed by atoms with Crippen molar-refractivity contribution in [2.24, 2.45) is 5.41 Å². The summed E-state index contributed by atoms with van der Waals surface area (Å²) in [5.74, 6) is -1.23. The molecule has 1 fully saturated rings. The molecule has 0 aliphatic heterocycles. The Kier molecular flexibility index (Phi) is 6.62. The second-order valence-corrected chi connectivity index (χ2v) is 9.75. The highest BCUT2D eigenvalue weighted by Crippen LogP contribution is 2.47. The molecule has 0 atom stereocenters. The van der Waals surface area contributed by atoms with Crippen LogP contribution in [-0.4, -0.2) is 26.6 Å². The lowest BCUT2D eigenvalue weighted by Crippen LogP contribution is -2.35. The molecule has 11 heteroatoms.